The molecule has 0 aliphatic rings. The maximum atomic E-state index is 12.1. The minimum atomic E-state index is 0.0694. The number of hydrogen-bond acceptors (Lipinski definition) is 4. The van der Waals surface area contributed by atoms with Crippen molar-refractivity contribution >= 4 is 49.0 Å². The summed E-state index contributed by atoms with van der Waals surface area (Å²) in [7, 11) is 0. The smallest absolute Gasteiger partial charge is 0.178 e. The van der Waals surface area contributed by atoms with Crippen LogP contribution in [0.15, 0.2) is 13.6 Å². The molecular weight excluding hydrogens is 370 g/mol. The van der Waals surface area contributed by atoms with Gasteiger partial charge in [-0.3, -0.25) is 9.69 Å². The van der Waals surface area contributed by atoms with Gasteiger partial charge in [0.15, 0.2) is 5.78 Å². The highest BCUT2D eigenvalue weighted by Gasteiger charge is 2.18. The zero-order valence-electron chi connectivity index (χ0n) is 9.74. The third-order valence-corrected chi connectivity index (χ3v) is 4.76. The number of rotatable bonds is 6. The molecule has 1 N–H and O–H groups in total. The molecule has 0 aliphatic carbocycles. The number of carbonyl (C=O) groups excluding carboxylic acids is 1. The van der Waals surface area contributed by atoms with Crippen molar-refractivity contribution in [3.05, 3.63) is 19.2 Å². The standard InChI is InChI=1S/C11H15Br2NO2S/c1-7(2)14(3-4-15)6-9(16)8-5-10(12)17-11(8)13/h5,7,15H,3-4,6H2,1-2H3. The monoisotopic (exact) mass is 383 g/mol. The van der Waals surface area contributed by atoms with Crippen molar-refractivity contribution in [2.75, 3.05) is 19.7 Å². The molecule has 0 saturated carbocycles. The van der Waals surface area contributed by atoms with Gasteiger partial charge in [-0.05, 0) is 51.8 Å². The van der Waals surface area contributed by atoms with E-state index >= 15 is 0 Å². The molecule has 17 heavy (non-hydrogen) atoms. The Hall–Kier alpha value is 0.250. The molecule has 0 amide bonds. The first-order chi connectivity index (χ1) is 7.95. The molecule has 0 aromatic carbocycles. The van der Waals surface area contributed by atoms with Gasteiger partial charge >= 0.3 is 0 Å². The normalized spacial score (nSPS) is 11.5. The molecule has 0 spiro atoms. The summed E-state index contributed by atoms with van der Waals surface area (Å²) in [6, 6.07) is 2.07. The summed E-state index contributed by atoms with van der Waals surface area (Å²) in [5.74, 6) is 0.0703. The Kier molecular flexibility index (Phi) is 6.30. The maximum absolute atomic E-state index is 12.1. The first-order valence-corrected chi connectivity index (χ1v) is 7.69. The number of nitrogens with zero attached hydrogens (tertiary/aromatic N) is 1. The Bertz CT molecular complexity index is 393. The van der Waals surface area contributed by atoms with Gasteiger partial charge in [0, 0.05) is 18.2 Å². The van der Waals surface area contributed by atoms with Crippen LogP contribution in [0.1, 0.15) is 24.2 Å². The molecule has 0 bridgehead atoms. The third-order valence-electron chi connectivity index (χ3n) is 2.42. The zero-order chi connectivity index (χ0) is 13.0. The first-order valence-electron chi connectivity index (χ1n) is 5.28. The van der Waals surface area contributed by atoms with E-state index in [1.54, 1.807) is 0 Å². The van der Waals surface area contributed by atoms with E-state index in [9.17, 15) is 4.79 Å². The number of aliphatic hydroxyl groups is 1. The van der Waals surface area contributed by atoms with Crippen LogP contribution < -0.4 is 0 Å². The number of ketones is 1. The van der Waals surface area contributed by atoms with Gasteiger partial charge in [0.2, 0.25) is 0 Å². The number of hydrogen-bond donors (Lipinski definition) is 1. The van der Waals surface area contributed by atoms with Crippen molar-refractivity contribution in [1.29, 1.82) is 0 Å². The van der Waals surface area contributed by atoms with Crippen LogP contribution in [-0.4, -0.2) is 41.5 Å². The Morgan fingerprint density at radius 2 is 2.18 bits per heavy atom. The molecule has 6 heteroatoms. The van der Waals surface area contributed by atoms with E-state index < -0.39 is 0 Å². The van der Waals surface area contributed by atoms with E-state index in [1.165, 1.54) is 11.3 Å². The minimum absolute atomic E-state index is 0.0694. The van der Waals surface area contributed by atoms with E-state index in [0.29, 0.717) is 18.7 Å². The van der Waals surface area contributed by atoms with E-state index in [2.05, 4.69) is 31.9 Å². The van der Waals surface area contributed by atoms with Crippen molar-refractivity contribution < 1.29 is 9.90 Å². The lowest BCUT2D eigenvalue weighted by Gasteiger charge is -2.24. The quantitative estimate of drug-likeness (QED) is 0.766. The summed E-state index contributed by atoms with van der Waals surface area (Å²) in [4.78, 5) is 14.1. The van der Waals surface area contributed by atoms with Gasteiger partial charge in [-0.25, -0.2) is 0 Å². The Morgan fingerprint density at radius 3 is 2.59 bits per heavy atom. The van der Waals surface area contributed by atoms with Crippen LogP contribution in [0.5, 0.6) is 0 Å². The molecule has 0 radical (unpaired) electrons. The minimum Gasteiger partial charge on any atom is -0.395 e. The van der Waals surface area contributed by atoms with Crippen LogP contribution in [0.2, 0.25) is 0 Å². The predicted octanol–water partition coefficient (Wildman–Crippen LogP) is 3.16. The van der Waals surface area contributed by atoms with Crippen LogP contribution in [0.3, 0.4) is 0 Å². The average molecular weight is 385 g/mol. The molecule has 0 saturated heterocycles. The molecule has 0 atom stereocenters. The highest BCUT2D eigenvalue weighted by Crippen LogP contribution is 2.32. The fraction of sp³-hybridized carbons (Fsp3) is 0.545. The van der Waals surface area contributed by atoms with Gasteiger partial charge < -0.3 is 5.11 Å². The van der Waals surface area contributed by atoms with Crippen LogP contribution in [0, 0.1) is 0 Å². The fourth-order valence-corrected chi connectivity index (χ4v) is 4.30. The van der Waals surface area contributed by atoms with Crippen LogP contribution in [0.4, 0.5) is 0 Å². The molecule has 0 unspecified atom stereocenters. The predicted molar refractivity (Wildman–Crippen MR) is 77.8 cm³/mol. The van der Waals surface area contributed by atoms with Crippen molar-refractivity contribution in [2.45, 2.75) is 19.9 Å². The van der Waals surface area contributed by atoms with Gasteiger partial charge in [-0.2, -0.15) is 0 Å². The molecule has 1 aromatic heterocycles. The van der Waals surface area contributed by atoms with Gasteiger partial charge in [-0.1, -0.05) is 0 Å². The van der Waals surface area contributed by atoms with Gasteiger partial charge in [-0.15, -0.1) is 11.3 Å². The van der Waals surface area contributed by atoms with Gasteiger partial charge in [0.25, 0.3) is 0 Å². The second kappa shape index (κ2) is 6.99. The van der Waals surface area contributed by atoms with Gasteiger partial charge in [0.1, 0.15) is 0 Å². The highest BCUT2D eigenvalue weighted by molar-refractivity contribution is 9.12. The topological polar surface area (TPSA) is 40.5 Å². The summed E-state index contributed by atoms with van der Waals surface area (Å²) in [5.41, 5.74) is 0.700. The van der Waals surface area contributed by atoms with Gasteiger partial charge in [0.05, 0.1) is 20.7 Å². The van der Waals surface area contributed by atoms with Crippen molar-refractivity contribution in [2.24, 2.45) is 0 Å². The zero-order valence-corrected chi connectivity index (χ0v) is 13.7. The Labute approximate surface area is 122 Å². The largest absolute Gasteiger partial charge is 0.395 e. The second-order valence-corrected chi connectivity index (χ2v) is 7.70. The maximum Gasteiger partial charge on any atom is 0.178 e. The molecule has 1 rings (SSSR count). The Balaban J connectivity index is 2.73. The summed E-state index contributed by atoms with van der Waals surface area (Å²) in [6.45, 7) is 4.95. The molecule has 3 nitrogen and oxygen atoms in total. The summed E-state index contributed by atoms with van der Waals surface area (Å²) >= 11 is 8.23. The van der Waals surface area contributed by atoms with E-state index in [1.807, 2.05) is 24.8 Å². The van der Waals surface area contributed by atoms with E-state index in [-0.39, 0.29) is 18.4 Å². The van der Waals surface area contributed by atoms with Crippen molar-refractivity contribution in [3.8, 4) is 0 Å². The molecule has 1 aromatic rings. The number of carbonyl (C=O) groups is 1. The van der Waals surface area contributed by atoms with Crippen LogP contribution in [0.25, 0.3) is 0 Å². The summed E-state index contributed by atoms with van der Waals surface area (Å²) in [6.07, 6.45) is 0. The van der Waals surface area contributed by atoms with Crippen LogP contribution in [-0.2, 0) is 0 Å². The van der Waals surface area contributed by atoms with E-state index in [0.717, 1.165) is 7.57 Å². The van der Waals surface area contributed by atoms with E-state index in [4.69, 9.17) is 5.11 Å². The molecule has 1 heterocycles. The lowest BCUT2D eigenvalue weighted by atomic mass is 10.2. The van der Waals surface area contributed by atoms with Crippen LogP contribution >= 0.6 is 43.2 Å². The molecular formula is C11H15Br2NO2S. The summed E-state index contributed by atoms with van der Waals surface area (Å²) < 4.78 is 1.79. The Morgan fingerprint density at radius 1 is 1.53 bits per heavy atom. The number of halogens is 2. The first kappa shape index (κ1) is 15.3. The molecule has 0 fully saturated rings. The fourth-order valence-electron chi connectivity index (χ4n) is 1.45. The average Bonchev–Trinajstić information content (AvgIpc) is 2.57. The van der Waals surface area contributed by atoms with Crippen molar-refractivity contribution in [3.63, 3.8) is 0 Å². The SMILES string of the molecule is CC(C)N(CCO)CC(=O)c1cc(Br)sc1Br. The number of thiophene rings is 1. The molecule has 96 valence electrons. The number of aliphatic hydroxyl groups excluding tert-OH is 1. The second-order valence-electron chi connectivity index (χ2n) is 3.95. The highest BCUT2D eigenvalue weighted by atomic mass is 79.9. The summed E-state index contributed by atoms with van der Waals surface area (Å²) in [5, 5.41) is 8.96. The lowest BCUT2D eigenvalue weighted by Crippen LogP contribution is -2.37. The third kappa shape index (κ3) is 4.44. The molecule has 0 aliphatic heterocycles. The lowest BCUT2D eigenvalue weighted by molar-refractivity contribution is 0.0881. The van der Waals surface area contributed by atoms with Crippen molar-refractivity contribution in [1.82, 2.24) is 4.90 Å². The number of Topliss-reactive ketones (excluding diaryl/α,β-unsaturated/α-hetero) is 1.